The molecule has 0 aromatic carbocycles. The Morgan fingerprint density at radius 3 is 2.69 bits per heavy atom. The zero-order valence-electron chi connectivity index (χ0n) is 8.49. The van der Waals surface area contributed by atoms with E-state index in [1.165, 1.54) is 5.56 Å². The third-order valence-corrected chi connectivity index (χ3v) is 2.04. The summed E-state index contributed by atoms with van der Waals surface area (Å²) in [6.45, 7) is 10.1. The molecule has 0 saturated carbocycles. The first-order chi connectivity index (χ1) is 6.16. The molecule has 0 amide bonds. The third-order valence-electron chi connectivity index (χ3n) is 2.04. The molecular formula is C11H16N2. The molecule has 0 aliphatic rings. The third kappa shape index (κ3) is 2.08. The van der Waals surface area contributed by atoms with Crippen LogP contribution in [0.25, 0.3) is 0 Å². The molecule has 70 valence electrons. The Kier molecular flexibility index (Phi) is 3.07. The molecule has 0 aliphatic carbocycles. The minimum Gasteiger partial charge on any atom is -0.345 e. The van der Waals surface area contributed by atoms with Crippen molar-refractivity contribution in [2.75, 3.05) is 4.90 Å². The highest BCUT2D eigenvalue weighted by Crippen LogP contribution is 2.20. The molecule has 0 saturated heterocycles. The molecule has 1 aromatic heterocycles. The Morgan fingerprint density at radius 2 is 2.23 bits per heavy atom. The van der Waals surface area contributed by atoms with Gasteiger partial charge >= 0.3 is 0 Å². The van der Waals surface area contributed by atoms with Crippen LogP contribution in [0, 0.1) is 6.92 Å². The molecule has 2 nitrogen and oxygen atoms in total. The summed E-state index contributed by atoms with van der Waals surface area (Å²) in [6, 6.07) is 2.43. The smallest absolute Gasteiger partial charge is 0.0624 e. The Balaban J connectivity index is 3.04. The zero-order valence-corrected chi connectivity index (χ0v) is 8.49. The van der Waals surface area contributed by atoms with Gasteiger partial charge in [0.25, 0.3) is 0 Å². The van der Waals surface area contributed by atoms with E-state index >= 15 is 0 Å². The van der Waals surface area contributed by atoms with Gasteiger partial charge in [-0.3, -0.25) is 4.98 Å². The van der Waals surface area contributed by atoms with Gasteiger partial charge in [0, 0.05) is 12.2 Å². The van der Waals surface area contributed by atoms with Gasteiger partial charge in [0.2, 0.25) is 0 Å². The standard InChI is InChI=1S/C11H16N2/c1-5-13(9(2)3)11-8-12-7-6-10(11)4/h5-9H,1H2,2-4H3. The fourth-order valence-corrected chi connectivity index (χ4v) is 1.31. The lowest BCUT2D eigenvalue weighted by atomic mass is 10.2. The first-order valence-electron chi connectivity index (χ1n) is 4.48. The van der Waals surface area contributed by atoms with Crippen molar-refractivity contribution in [3.8, 4) is 0 Å². The normalized spacial score (nSPS) is 10.2. The van der Waals surface area contributed by atoms with Gasteiger partial charge in [-0.05, 0) is 38.6 Å². The summed E-state index contributed by atoms with van der Waals surface area (Å²) in [5.74, 6) is 0. The molecule has 0 bridgehead atoms. The minimum absolute atomic E-state index is 0.417. The van der Waals surface area contributed by atoms with Crippen LogP contribution in [-0.4, -0.2) is 11.0 Å². The van der Waals surface area contributed by atoms with Gasteiger partial charge in [0.1, 0.15) is 0 Å². The molecule has 2 heteroatoms. The van der Waals surface area contributed by atoms with Gasteiger partial charge in [-0.1, -0.05) is 6.58 Å². The molecule has 1 aromatic rings. The van der Waals surface area contributed by atoms with E-state index in [9.17, 15) is 0 Å². The maximum absolute atomic E-state index is 4.11. The lowest BCUT2D eigenvalue weighted by Gasteiger charge is -2.25. The molecule has 1 rings (SSSR count). The Hall–Kier alpha value is -1.31. The second-order valence-corrected chi connectivity index (χ2v) is 3.35. The van der Waals surface area contributed by atoms with Crippen LogP contribution in [0.15, 0.2) is 31.2 Å². The number of aryl methyl sites for hydroxylation is 1. The second-order valence-electron chi connectivity index (χ2n) is 3.35. The average molecular weight is 176 g/mol. The summed E-state index contributed by atoms with van der Waals surface area (Å²) in [6.07, 6.45) is 5.52. The van der Waals surface area contributed by atoms with E-state index in [0.29, 0.717) is 6.04 Å². The Labute approximate surface area is 79.9 Å². The largest absolute Gasteiger partial charge is 0.345 e. The Bertz CT molecular complexity index is 292. The molecule has 13 heavy (non-hydrogen) atoms. The highest BCUT2D eigenvalue weighted by atomic mass is 15.1. The minimum atomic E-state index is 0.417. The van der Waals surface area contributed by atoms with Crippen LogP contribution in [0.2, 0.25) is 0 Å². The number of pyridine rings is 1. The number of hydrogen-bond donors (Lipinski definition) is 0. The number of anilines is 1. The fourth-order valence-electron chi connectivity index (χ4n) is 1.31. The van der Waals surface area contributed by atoms with E-state index in [1.54, 1.807) is 6.20 Å². The van der Waals surface area contributed by atoms with Crippen molar-refractivity contribution in [1.82, 2.24) is 4.98 Å². The number of rotatable bonds is 3. The maximum atomic E-state index is 4.11. The summed E-state index contributed by atoms with van der Waals surface area (Å²) >= 11 is 0. The summed E-state index contributed by atoms with van der Waals surface area (Å²) < 4.78 is 0. The van der Waals surface area contributed by atoms with Gasteiger partial charge in [-0.15, -0.1) is 0 Å². The monoisotopic (exact) mass is 176 g/mol. The van der Waals surface area contributed by atoms with Crippen LogP contribution < -0.4 is 4.90 Å². The highest BCUT2D eigenvalue weighted by molar-refractivity contribution is 5.53. The highest BCUT2D eigenvalue weighted by Gasteiger charge is 2.08. The molecule has 0 atom stereocenters. The summed E-state index contributed by atoms with van der Waals surface area (Å²) in [7, 11) is 0. The van der Waals surface area contributed by atoms with E-state index in [2.05, 4.69) is 37.2 Å². The molecular weight excluding hydrogens is 160 g/mol. The van der Waals surface area contributed by atoms with E-state index in [-0.39, 0.29) is 0 Å². The van der Waals surface area contributed by atoms with Gasteiger partial charge in [-0.25, -0.2) is 0 Å². The van der Waals surface area contributed by atoms with E-state index in [1.807, 2.05) is 18.5 Å². The summed E-state index contributed by atoms with van der Waals surface area (Å²) in [5, 5.41) is 0. The van der Waals surface area contributed by atoms with Crippen molar-refractivity contribution < 1.29 is 0 Å². The van der Waals surface area contributed by atoms with Crippen LogP contribution >= 0.6 is 0 Å². The van der Waals surface area contributed by atoms with Crippen molar-refractivity contribution in [3.63, 3.8) is 0 Å². The quantitative estimate of drug-likeness (QED) is 0.704. The van der Waals surface area contributed by atoms with Crippen molar-refractivity contribution in [3.05, 3.63) is 36.8 Å². The van der Waals surface area contributed by atoms with Gasteiger partial charge in [-0.2, -0.15) is 0 Å². The average Bonchev–Trinajstić information content (AvgIpc) is 2.09. The Morgan fingerprint density at radius 1 is 1.54 bits per heavy atom. The molecule has 0 N–H and O–H groups in total. The van der Waals surface area contributed by atoms with Crippen LogP contribution in [-0.2, 0) is 0 Å². The maximum Gasteiger partial charge on any atom is 0.0624 e. The van der Waals surface area contributed by atoms with E-state index in [0.717, 1.165) is 5.69 Å². The van der Waals surface area contributed by atoms with Crippen molar-refractivity contribution >= 4 is 5.69 Å². The number of aromatic nitrogens is 1. The molecule has 0 fully saturated rings. The molecule has 0 unspecified atom stereocenters. The lowest BCUT2D eigenvalue weighted by Crippen LogP contribution is -2.25. The summed E-state index contributed by atoms with van der Waals surface area (Å²) in [4.78, 5) is 6.22. The molecule has 1 heterocycles. The number of nitrogens with zero attached hydrogens (tertiary/aromatic N) is 2. The van der Waals surface area contributed by atoms with Crippen LogP contribution in [0.5, 0.6) is 0 Å². The van der Waals surface area contributed by atoms with Crippen LogP contribution in [0.3, 0.4) is 0 Å². The second kappa shape index (κ2) is 4.08. The first kappa shape index (κ1) is 9.78. The van der Waals surface area contributed by atoms with Crippen molar-refractivity contribution in [1.29, 1.82) is 0 Å². The van der Waals surface area contributed by atoms with Gasteiger partial charge in [0.15, 0.2) is 0 Å². The molecule has 0 spiro atoms. The van der Waals surface area contributed by atoms with Crippen LogP contribution in [0.1, 0.15) is 19.4 Å². The van der Waals surface area contributed by atoms with E-state index in [4.69, 9.17) is 0 Å². The van der Waals surface area contributed by atoms with Crippen molar-refractivity contribution in [2.45, 2.75) is 26.8 Å². The van der Waals surface area contributed by atoms with Gasteiger partial charge < -0.3 is 4.90 Å². The predicted octanol–water partition coefficient (Wildman–Crippen LogP) is 2.75. The van der Waals surface area contributed by atoms with E-state index < -0.39 is 0 Å². The zero-order chi connectivity index (χ0) is 9.84. The van der Waals surface area contributed by atoms with Gasteiger partial charge in [0.05, 0.1) is 11.9 Å². The molecule has 0 aliphatic heterocycles. The van der Waals surface area contributed by atoms with Crippen LogP contribution in [0.4, 0.5) is 5.69 Å². The molecule has 0 radical (unpaired) electrons. The first-order valence-corrected chi connectivity index (χ1v) is 4.48. The summed E-state index contributed by atoms with van der Waals surface area (Å²) in [5.41, 5.74) is 2.36. The number of hydrogen-bond acceptors (Lipinski definition) is 2. The topological polar surface area (TPSA) is 16.1 Å². The SMILES string of the molecule is C=CN(c1cnccc1C)C(C)C. The lowest BCUT2D eigenvalue weighted by molar-refractivity contribution is 0.779. The van der Waals surface area contributed by atoms with Crippen molar-refractivity contribution in [2.24, 2.45) is 0 Å². The fraction of sp³-hybridized carbons (Fsp3) is 0.364. The predicted molar refractivity (Wildman–Crippen MR) is 56.8 cm³/mol.